The summed E-state index contributed by atoms with van der Waals surface area (Å²) in [5.41, 5.74) is 0.467. The number of rotatable bonds is 6. The summed E-state index contributed by atoms with van der Waals surface area (Å²) in [4.78, 5) is 9.29. The maximum absolute atomic E-state index is 14.1. The van der Waals surface area contributed by atoms with E-state index in [1.54, 1.807) is 0 Å². The van der Waals surface area contributed by atoms with Crippen LogP contribution in [0.3, 0.4) is 0 Å². The number of nitrogens with zero attached hydrogens (tertiary/aromatic N) is 3. The summed E-state index contributed by atoms with van der Waals surface area (Å²) in [5.74, 6) is 0.403. The van der Waals surface area contributed by atoms with Gasteiger partial charge in [-0.3, -0.25) is 4.99 Å². The number of piperidine rings is 1. The molecule has 0 aromatic heterocycles. The van der Waals surface area contributed by atoms with Crippen LogP contribution in [0.4, 0.5) is 14.5 Å². The van der Waals surface area contributed by atoms with E-state index >= 15 is 0 Å². The van der Waals surface area contributed by atoms with Crippen LogP contribution >= 0.6 is 0 Å². The zero-order valence-corrected chi connectivity index (χ0v) is 17.1. The molecule has 7 heteroatoms. The lowest BCUT2D eigenvalue weighted by atomic mass is 9.98. The quantitative estimate of drug-likeness (QED) is 0.576. The second kappa shape index (κ2) is 10.0. The van der Waals surface area contributed by atoms with E-state index in [-0.39, 0.29) is 6.04 Å². The average molecular weight is 394 g/mol. The Morgan fingerprint density at radius 2 is 2.04 bits per heavy atom. The lowest BCUT2D eigenvalue weighted by Crippen LogP contribution is -2.45. The van der Waals surface area contributed by atoms with Gasteiger partial charge in [0, 0.05) is 44.8 Å². The third-order valence-electron chi connectivity index (χ3n) is 5.68. The number of halogens is 2. The summed E-state index contributed by atoms with van der Waals surface area (Å²) in [6.07, 6.45) is 3.38. The van der Waals surface area contributed by atoms with Crippen LogP contribution in [-0.4, -0.2) is 62.7 Å². The Bertz CT molecular complexity index is 666. The number of likely N-dealkylation sites (tertiary alicyclic amines) is 1. The highest BCUT2D eigenvalue weighted by atomic mass is 19.1. The predicted octanol–water partition coefficient (Wildman–Crippen LogP) is 2.83. The maximum Gasteiger partial charge on any atom is 0.191 e. The van der Waals surface area contributed by atoms with Crippen molar-refractivity contribution in [2.24, 2.45) is 10.9 Å². The first-order valence-electron chi connectivity index (χ1n) is 10.6. The van der Waals surface area contributed by atoms with Crippen molar-refractivity contribution in [1.29, 1.82) is 0 Å². The van der Waals surface area contributed by atoms with Gasteiger partial charge in [-0.15, -0.1) is 0 Å². The molecule has 1 aromatic rings. The molecule has 0 bridgehead atoms. The molecule has 2 fully saturated rings. The van der Waals surface area contributed by atoms with Gasteiger partial charge in [-0.25, -0.2) is 8.78 Å². The van der Waals surface area contributed by atoms with E-state index in [0.717, 1.165) is 51.2 Å². The highest BCUT2D eigenvalue weighted by Gasteiger charge is 2.25. The molecule has 0 aliphatic carbocycles. The second-order valence-electron chi connectivity index (χ2n) is 7.79. The zero-order chi connectivity index (χ0) is 19.9. The molecule has 0 saturated carbocycles. The summed E-state index contributed by atoms with van der Waals surface area (Å²) in [6.45, 7) is 10.8. The Kier molecular flexibility index (Phi) is 7.48. The Morgan fingerprint density at radius 3 is 2.79 bits per heavy atom. The predicted molar refractivity (Wildman–Crippen MR) is 111 cm³/mol. The minimum Gasteiger partial charge on any atom is -0.367 e. The summed E-state index contributed by atoms with van der Waals surface area (Å²) >= 11 is 0. The molecule has 5 nitrogen and oxygen atoms in total. The third kappa shape index (κ3) is 5.56. The Morgan fingerprint density at radius 1 is 1.18 bits per heavy atom. The van der Waals surface area contributed by atoms with Gasteiger partial charge in [-0.2, -0.15) is 0 Å². The van der Waals surface area contributed by atoms with Crippen molar-refractivity contribution in [3.63, 3.8) is 0 Å². The van der Waals surface area contributed by atoms with Crippen molar-refractivity contribution in [2.75, 3.05) is 50.7 Å². The number of anilines is 1. The van der Waals surface area contributed by atoms with Crippen LogP contribution in [0.5, 0.6) is 0 Å². The standard InChI is InChI=1S/C21H33F2N5/c1-3-24-21(25-13-16-6-5-10-27(4-2)14-16)26-18-9-11-28(15-18)20-8-7-17(22)12-19(20)23/h7-8,12,16,18H,3-6,9-11,13-15H2,1-2H3,(H2,24,25,26). The fourth-order valence-electron chi connectivity index (χ4n) is 4.16. The smallest absolute Gasteiger partial charge is 0.191 e. The van der Waals surface area contributed by atoms with E-state index < -0.39 is 11.6 Å². The lowest BCUT2D eigenvalue weighted by Gasteiger charge is -2.31. The summed E-state index contributed by atoms with van der Waals surface area (Å²) in [7, 11) is 0. The van der Waals surface area contributed by atoms with Crippen molar-refractivity contribution in [3.8, 4) is 0 Å². The first-order valence-corrected chi connectivity index (χ1v) is 10.6. The number of guanidine groups is 1. The Hall–Kier alpha value is -1.89. The first-order chi connectivity index (χ1) is 13.6. The molecule has 2 unspecified atom stereocenters. The lowest BCUT2D eigenvalue weighted by molar-refractivity contribution is 0.186. The normalized spacial score (nSPS) is 23.9. The summed E-state index contributed by atoms with van der Waals surface area (Å²) in [6, 6.07) is 3.98. The fraction of sp³-hybridized carbons (Fsp3) is 0.667. The SMILES string of the molecule is CCNC(=NCC1CCCN(CC)C1)NC1CCN(c2ccc(F)cc2F)C1. The van der Waals surface area contributed by atoms with Crippen molar-refractivity contribution >= 4 is 11.6 Å². The zero-order valence-electron chi connectivity index (χ0n) is 17.1. The molecule has 2 atom stereocenters. The van der Waals surface area contributed by atoms with E-state index in [2.05, 4.69) is 29.4 Å². The molecule has 1 aromatic carbocycles. The molecule has 3 rings (SSSR count). The number of nitrogens with one attached hydrogen (secondary N) is 2. The highest BCUT2D eigenvalue weighted by molar-refractivity contribution is 5.80. The Balaban J connectivity index is 1.55. The minimum atomic E-state index is -0.541. The molecule has 0 spiro atoms. The van der Waals surface area contributed by atoms with Gasteiger partial charge < -0.3 is 20.4 Å². The van der Waals surface area contributed by atoms with Crippen molar-refractivity contribution in [2.45, 2.75) is 39.2 Å². The van der Waals surface area contributed by atoms with Gasteiger partial charge in [0.2, 0.25) is 0 Å². The molecule has 0 radical (unpaired) electrons. The molecule has 2 N–H and O–H groups in total. The van der Waals surface area contributed by atoms with Crippen LogP contribution < -0.4 is 15.5 Å². The van der Waals surface area contributed by atoms with E-state index in [1.807, 2.05) is 4.90 Å². The van der Waals surface area contributed by atoms with Crippen LogP contribution in [0.1, 0.15) is 33.1 Å². The first kappa shape index (κ1) is 20.8. The van der Waals surface area contributed by atoms with Crippen molar-refractivity contribution in [1.82, 2.24) is 15.5 Å². The monoisotopic (exact) mass is 393 g/mol. The summed E-state index contributed by atoms with van der Waals surface area (Å²) in [5, 5.41) is 6.83. The van der Waals surface area contributed by atoms with Gasteiger partial charge in [0.05, 0.1) is 5.69 Å². The van der Waals surface area contributed by atoms with E-state index in [1.165, 1.54) is 31.5 Å². The van der Waals surface area contributed by atoms with Crippen molar-refractivity contribution < 1.29 is 8.78 Å². The molecule has 2 aliphatic rings. The van der Waals surface area contributed by atoms with E-state index in [0.29, 0.717) is 18.2 Å². The van der Waals surface area contributed by atoms with Crippen LogP contribution in [0, 0.1) is 17.6 Å². The molecular formula is C21H33F2N5. The highest BCUT2D eigenvalue weighted by Crippen LogP contribution is 2.24. The van der Waals surface area contributed by atoms with E-state index in [4.69, 9.17) is 4.99 Å². The summed E-state index contributed by atoms with van der Waals surface area (Å²) < 4.78 is 27.2. The van der Waals surface area contributed by atoms with E-state index in [9.17, 15) is 8.78 Å². The molecule has 156 valence electrons. The van der Waals surface area contributed by atoms with Crippen LogP contribution in [0.15, 0.2) is 23.2 Å². The van der Waals surface area contributed by atoms with Gasteiger partial charge >= 0.3 is 0 Å². The molecule has 2 saturated heterocycles. The molecule has 28 heavy (non-hydrogen) atoms. The van der Waals surface area contributed by atoms with Crippen LogP contribution in [0.25, 0.3) is 0 Å². The largest absolute Gasteiger partial charge is 0.367 e. The molecule has 2 heterocycles. The van der Waals surface area contributed by atoms with Crippen molar-refractivity contribution in [3.05, 3.63) is 29.8 Å². The molecule has 0 amide bonds. The van der Waals surface area contributed by atoms with Crippen LogP contribution in [0.2, 0.25) is 0 Å². The fourth-order valence-corrected chi connectivity index (χ4v) is 4.16. The average Bonchev–Trinajstić information content (AvgIpc) is 3.14. The number of hydrogen-bond acceptors (Lipinski definition) is 3. The van der Waals surface area contributed by atoms with Crippen LogP contribution in [-0.2, 0) is 0 Å². The topological polar surface area (TPSA) is 42.9 Å². The molecular weight excluding hydrogens is 360 g/mol. The van der Waals surface area contributed by atoms with Gasteiger partial charge in [-0.1, -0.05) is 6.92 Å². The second-order valence-corrected chi connectivity index (χ2v) is 7.79. The minimum absolute atomic E-state index is 0.195. The number of benzene rings is 1. The molecule has 2 aliphatic heterocycles. The third-order valence-corrected chi connectivity index (χ3v) is 5.68. The number of hydrogen-bond donors (Lipinski definition) is 2. The Labute approximate surface area is 167 Å². The number of aliphatic imine (C=N–C) groups is 1. The van der Waals surface area contributed by atoms with Gasteiger partial charge in [0.15, 0.2) is 5.96 Å². The van der Waals surface area contributed by atoms with Gasteiger partial charge in [0.25, 0.3) is 0 Å². The van der Waals surface area contributed by atoms with Gasteiger partial charge in [-0.05, 0) is 57.3 Å². The maximum atomic E-state index is 14.1. The van der Waals surface area contributed by atoms with Gasteiger partial charge in [0.1, 0.15) is 11.6 Å².